The first-order valence-corrected chi connectivity index (χ1v) is 24.5. The number of carbonyl (C=O) groups is 6. The topological polar surface area (TPSA) is 176 Å². The van der Waals surface area contributed by atoms with Crippen LogP contribution in [0.1, 0.15) is 142 Å². The van der Waals surface area contributed by atoms with E-state index in [2.05, 4.69) is 31.2 Å². The van der Waals surface area contributed by atoms with Crippen LogP contribution in [0.2, 0.25) is 12.1 Å². The summed E-state index contributed by atoms with van der Waals surface area (Å²) < 4.78 is 42.5. The van der Waals surface area contributed by atoms with Gasteiger partial charge in [-0.2, -0.15) is 0 Å². The van der Waals surface area contributed by atoms with Gasteiger partial charge in [-0.15, -0.1) is 0 Å². The van der Waals surface area contributed by atoms with Crippen molar-refractivity contribution in [1.82, 2.24) is 0 Å². The van der Waals surface area contributed by atoms with Gasteiger partial charge >= 0.3 is 17.6 Å². The Morgan fingerprint density at radius 3 is 1.07 bits per heavy atom. The van der Waals surface area contributed by atoms with E-state index >= 15 is 0 Å². The molecule has 2 aliphatic carbocycles. The molecule has 2 aromatic rings. The van der Waals surface area contributed by atoms with Crippen LogP contribution in [-0.2, 0) is 55.3 Å². The normalized spacial score (nSPS) is 16.9. The summed E-state index contributed by atoms with van der Waals surface area (Å²) >= 11 is 0. The van der Waals surface area contributed by atoms with Crippen molar-refractivity contribution in [2.75, 3.05) is 13.2 Å². The molecular formula is C43H62O14Si2. The summed E-state index contributed by atoms with van der Waals surface area (Å²) in [7, 11) is -7.57. The van der Waals surface area contributed by atoms with E-state index in [0.717, 1.165) is 17.4 Å². The van der Waals surface area contributed by atoms with Gasteiger partial charge in [0, 0.05) is 41.5 Å². The maximum Gasteiger partial charge on any atom is 0.705 e. The number of ether oxygens (including phenoxy) is 2. The molecule has 326 valence electrons. The molecule has 0 saturated heterocycles. The van der Waals surface area contributed by atoms with E-state index in [9.17, 15) is 28.8 Å². The van der Waals surface area contributed by atoms with Gasteiger partial charge in [0.05, 0.1) is 25.3 Å². The Labute approximate surface area is 350 Å². The lowest BCUT2D eigenvalue weighted by Gasteiger charge is -2.26. The highest BCUT2D eigenvalue weighted by Gasteiger charge is 2.52. The summed E-state index contributed by atoms with van der Waals surface area (Å²) in [5.74, 6) is -0.445. The fourth-order valence-electron chi connectivity index (χ4n) is 7.40. The minimum atomic E-state index is -3.79. The summed E-state index contributed by atoms with van der Waals surface area (Å²) in [6.07, 6.45) is 12.2. The molecule has 16 heteroatoms. The van der Waals surface area contributed by atoms with Crippen LogP contribution in [0.15, 0.2) is 48.5 Å². The molecule has 0 unspecified atom stereocenters. The Hall–Kier alpha value is -4.71. The Morgan fingerprint density at radius 1 is 0.458 bits per heavy atom. The quantitative estimate of drug-likeness (QED) is 0.103. The van der Waals surface area contributed by atoms with Crippen LogP contribution >= 0.6 is 0 Å². The molecule has 2 aromatic carbocycles. The van der Waals surface area contributed by atoms with Crippen LogP contribution < -0.4 is 9.47 Å². The lowest BCUT2D eigenvalue weighted by atomic mass is 9.79. The number of rotatable bonds is 18. The first-order chi connectivity index (χ1) is 28.0. The van der Waals surface area contributed by atoms with Gasteiger partial charge in [-0.25, -0.2) is 0 Å². The SMILES string of the molecule is CC(=O)O[Si](CCCOc1ccc(C2CCC(C)CC2)cc1)(OC(C)=O)OC(C)=O.CC(=O)O[Si](CCCOc1ccc(C2CCCCC2)cc1)(OC(C)=O)OC(C)=O. The molecule has 2 aliphatic rings. The molecule has 2 fully saturated rings. The van der Waals surface area contributed by atoms with E-state index in [-0.39, 0.29) is 12.1 Å². The summed E-state index contributed by atoms with van der Waals surface area (Å²) in [6, 6.07) is 16.5. The van der Waals surface area contributed by atoms with E-state index in [1.54, 1.807) is 0 Å². The molecule has 4 rings (SSSR count). The van der Waals surface area contributed by atoms with Gasteiger partial charge in [-0.1, -0.05) is 63.3 Å². The Morgan fingerprint density at radius 2 is 0.763 bits per heavy atom. The lowest BCUT2D eigenvalue weighted by molar-refractivity contribution is -0.151. The highest BCUT2D eigenvalue weighted by molar-refractivity contribution is 6.66. The molecule has 0 atom stereocenters. The second-order valence-corrected chi connectivity index (χ2v) is 20.2. The maximum absolute atomic E-state index is 11.5. The van der Waals surface area contributed by atoms with E-state index in [4.69, 9.17) is 36.0 Å². The zero-order valence-corrected chi connectivity index (χ0v) is 37.7. The number of carbonyl (C=O) groups excluding carboxylic acids is 6. The fourth-order valence-corrected chi connectivity index (χ4v) is 12.0. The second-order valence-electron chi connectivity index (χ2n) is 15.3. The molecule has 0 heterocycles. The van der Waals surface area contributed by atoms with Crippen molar-refractivity contribution in [3.8, 4) is 11.5 Å². The van der Waals surface area contributed by atoms with Gasteiger partial charge in [0.2, 0.25) is 0 Å². The maximum atomic E-state index is 11.5. The van der Waals surface area contributed by atoms with E-state index in [1.165, 1.54) is 110 Å². The standard InChI is InChI=1S/C22H32O7Si.C21H30O7Si/c1-16-6-8-20(9-7-16)21-10-12-22(13-11-21)26-14-5-15-30(27-17(2)23,28-18(3)24)29-19(4)25;1-16(22)26-29(27-17(2)23,28-18(3)24)15-7-14-25-21-12-10-20(11-13-21)19-8-5-4-6-9-19/h10-13,16,20H,5-9,14-15H2,1-4H3;10-13,19H,4-9,14-15H2,1-3H3. The minimum absolute atomic E-state index is 0.101. The van der Waals surface area contributed by atoms with Crippen LogP contribution in [0.5, 0.6) is 11.5 Å². The predicted molar refractivity (Wildman–Crippen MR) is 221 cm³/mol. The van der Waals surface area contributed by atoms with Crippen molar-refractivity contribution >= 4 is 53.4 Å². The van der Waals surface area contributed by atoms with Gasteiger partial charge in [0.25, 0.3) is 35.8 Å². The average Bonchev–Trinajstić information content (AvgIpc) is 3.15. The van der Waals surface area contributed by atoms with Gasteiger partial charge < -0.3 is 36.0 Å². The van der Waals surface area contributed by atoms with Crippen LogP contribution in [0.25, 0.3) is 0 Å². The van der Waals surface area contributed by atoms with Crippen molar-refractivity contribution in [2.24, 2.45) is 5.92 Å². The van der Waals surface area contributed by atoms with E-state index in [0.29, 0.717) is 37.9 Å². The molecule has 0 radical (unpaired) electrons. The third-order valence-electron chi connectivity index (χ3n) is 9.91. The zero-order valence-electron chi connectivity index (χ0n) is 35.7. The second kappa shape index (κ2) is 24.4. The molecule has 0 N–H and O–H groups in total. The number of hydrogen-bond acceptors (Lipinski definition) is 14. The molecule has 0 aromatic heterocycles. The van der Waals surface area contributed by atoms with Crippen molar-refractivity contribution in [3.63, 3.8) is 0 Å². The molecule has 0 bridgehead atoms. The van der Waals surface area contributed by atoms with Crippen molar-refractivity contribution < 1.29 is 64.8 Å². The van der Waals surface area contributed by atoms with Crippen molar-refractivity contribution in [3.05, 3.63) is 59.7 Å². The third kappa shape index (κ3) is 18.4. The van der Waals surface area contributed by atoms with Gasteiger partial charge in [-0.05, 0) is 91.7 Å². The smallest absolute Gasteiger partial charge is 0.494 e. The monoisotopic (exact) mass is 858 g/mol. The first kappa shape index (κ1) is 48.7. The van der Waals surface area contributed by atoms with Crippen LogP contribution in [-0.4, -0.2) is 66.6 Å². The van der Waals surface area contributed by atoms with E-state index < -0.39 is 53.4 Å². The molecule has 0 aliphatic heterocycles. The van der Waals surface area contributed by atoms with Gasteiger partial charge in [-0.3, -0.25) is 28.8 Å². The molecule has 0 spiro atoms. The molecule has 14 nitrogen and oxygen atoms in total. The largest absolute Gasteiger partial charge is 0.705 e. The molecule has 59 heavy (non-hydrogen) atoms. The highest BCUT2D eigenvalue weighted by atomic mass is 28.4. The fraction of sp³-hybridized carbons (Fsp3) is 0.581. The lowest BCUT2D eigenvalue weighted by Crippen LogP contribution is -2.49. The third-order valence-corrected chi connectivity index (χ3v) is 15.4. The Balaban J connectivity index is 0.000000316. The number of hydrogen-bond donors (Lipinski definition) is 0. The highest BCUT2D eigenvalue weighted by Crippen LogP contribution is 2.36. The Bertz CT molecular complexity index is 1580. The molecule has 2 saturated carbocycles. The van der Waals surface area contributed by atoms with Gasteiger partial charge in [0.15, 0.2) is 0 Å². The van der Waals surface area contributed by atoms with Crippen LogP contribution in [0.3, 0.4) is 0 Å². The first-order valence-electron chi connectivity index (χ1n) is 20.6. The Kier molecular flexibility index (Phi) is 20.1. The molecular weight excluding hydrogens is 797 g/mol. The number of benzene rings is 2. The van der Waals surface area contributed by atoms with Crippen molar-refractivity contribution in [2.45, 2.75) is 143 Å². The van der Waals surface area contributed by atoms with E-state index in [1.807, 2.05) is 24.3 Å². The molecule has 0 amide bonds. The summed E-state index contributed by atoms with van der Waals surface area (Å²) in [5, 5.41) is 0. The zero-order chi connectivity index (χ0) is 43.4. The summed E-state index contributed by atoms with van der Waals surface area (Å²) in [4.78, 5) is 68.7. The minimum Gasteiger partial charge on any atom is -0.494 e. The average molecular weight is 859 g/mol. The van der Waals surface area contributed by atoms with Crippen LogP contribution in [0.4, 0.5) is 0 Å². The van der Waals surface area contributed by atoms with Gasteiger partial charge in [0.1, 0.15) is 11.5 Å². The summed E-state index contributed by atoms with van der Waals surface area (Å²) in [5.41, 5.74) is 2.70. The van der Waals surface area contributed by atoms with Crippen LogP contribution in [0, 0.1) is 5.92 Å². The summed E-state index contributed by atoms with van der Waals surface area (Å²) in [6.45, 7) is 10.0. The predicted octanol–water partition coefficient (Wildman–Crippen LogP) is 8.51. The van der Waals surface area contributed by atoms with Crippen molar-refractivity contribution in [1.29, 1.82) is 0 Å².